The SMILES string of the molecule is COC1(C=O)CC(C)OC1C. The summed E-state index contributed by atoms with van der Waals surface area (Å²) in [5, 5.41) is 0. The van der Waals surface area contributed by atoms with Gasteiger partial charge in [-0.25, -0.2) is 0 Å². The first-order valence-corrected chi connectivity index (χ1v) is 3.81. The maximum absolute atomic E-state index is 10.7. The van der Waals surface area contributed by atoms with Gasteiger partial charge in [0.05, 0.1) is 12.2 Å². The van der Waals surface area contributed by atoms with E-state index in [1.54, 1.807) is 7.11 Å². The van der Waals surface area contributed by atoms with Crippen LogP contribution in [0.15, 0.2) is 0 Å². The molecule has 1 rings (SSSR count). The molecule has 0 amide bonds. The lowest BCUT2D eigenvalue weighted by molar-refractivity contribution is -0.133. The summed E-state index contributed by atoms with van der Waals surface area (Å²) in [7, 11) is 1.55. The highest BCUT2D eigenvalue weighted by molar-refractivity contribution is 5.64. The maximum Gasteiger partial charge on any atom is 0.154 e. The van der Waals surface area contributed by atoms with Gasteiger partial charge in [-0.05, 0) is 13.8 Å². The summed E-state index contributed by atoms with van der Waals surface area (Å²) in [6.45, 7) is 3.81. The summed E-state index contributed by atoms with van der Waals surface area (Å²) >= 11 is 0. The van der Waals surface area contributed by atoms with Crippen LogP contribution in [0.25, 0.3) is 0 Å². The predicted octanol–water partition coefficient (Wildman–Crippen LogP) is 0.768. The summed E-state index contributed by atoms with van der Waals surface area (Å²) in [5.74, 6) is 0. The van der Waals surface area contributed by atoms with E-state index in [-0.39, 0.29) is 12.2 Å². The molecule has 1 heterocycles. The molecule has 11 heavy (non-hydrogen) atoms. The third-order valence-corrected chi connectivity index (χ3v) is 2.31. The smallest absolute Gasteiger partial charge is 0.154 e. The number of hydrogen-bond acceptors (Lipinski definition) is 3. The first-order chi connectivity index (χ1) is 5.14. The van der Waals surface area contributed by atoms with E-state index in [1.165, 1.54) is 0 Å². The minimum atomic E-state index is -0.695. The highest BCUT2D eigenvalue weighted by atomic mass is 16.6. The van der Waals surface area contributed by atoms with Gasteiger partial charge in [0, 0.05) is 13.5 Å². The molecule has 1 aliphatic heterocycles. The van der Waals surface area contributed by atoms with Crippen LogP contribution in [0.4, 0.5) is 0 Å². The summed E-state index contributed by atoms with van der Waals surface area (Å²) in [6, 6.07) is 0. The van der Waals surface area contributed by atoms with E-state index in [2.05, 4.69) is 0 Å². The second kappa shape index (κ2) is 2.91. The van der Waals surface area contributed by atoms with Gasteiger partial charge in [-0.3, -0.25) is 0 Å². The lowest BCUT2D eigenvalue weighted by atomic mass is 9.96. The van der Waals surface area contributed by atoms with Gasteiger partial charge in [-0.2, -0.15) is 0 Å². The van der Waals surface area contributed by atoms with Crippen LogP contribution in [0.5, 0.6) is 0 Å². The van der Waals surface area contributed by atoms with Crippen molar-refractivity contribution in [1.29, 1.82) is 0 Å². The number of ether oxygens (including phenoxy) is 2. The van der Waals surface area contributed by atoms with E-state index in [4.69, 9.17) is 9.47 Å². The van der Waals surface area contributed by atoms with E-state index in [0.717, 1.165) is 6.29 Å². The van der Waals surface area contributed by atoms with Crippen molar-refractivity contribution in [3.05, 3.63) is 0 Å². The standard InChI is InChI=1S/C8H14O3/c1-6-4-8(5-9,10-3)7(2)11-6/h5-7H,4H2,1-3H3. The summed E-state index contributed by atoms with van der Waals surface area (Å²) in [4.78, 5) is 10.7. The fourth-order valence-electron chi connectivity index (χ4n) is 1.57. The van der Waals surface area contributed by atoms with Crippen LogP contribution < -0.4 is 0 Å². The van der Waals surface area contributed by atoms with Gasteiger partial charge in [0.25, 0.3) is 0 Å². The molecule has 0 saturated carbocycles. The van der Waals surface area contributed by atoms with Gasteiger partial charge in [0.2, 0.25) is 0 Å². The van der Waals surface area contributed by atoms with Crippen molar-refractivity contribution in [1.82, 2.24) is 0 Å². The molecule has 3 nitrogen and oxygen atoms in total. The molecule has 1 saturated heterocycles. The monoisotopic (exact) mass is 158 g/mol. The highest BCUT2D eigenvalue weighted by Gasteiger charge is 2.45. The van der Waals surface area contributed by atoms with Gasteiger partial charge in [0.15, 0.2) is 11.9 Å². The zero-order chi connectivity index (χ0) is 8.48. The van der Waals surface area contributed by atoms with Crippen LogP contribution in [0.1, 0.15) is 20.3 Å². The van der Waals surface area contributed by atoms with Crippen molar-refractivity contribution in [2.24, 2.45) is 0 Å². The molecular weight excluding hydrogens is 144 g/mol. The molecule has 1 aliphatic rings. The van der Waals surface area contributed by atoms with Crippen molar-refractivity contribution in [3.8, 4) is 0 Å². The van der Waals surface area contributed by atoms with Crippen molar-refractivity contribution < 1.29 is 14.3 Å². The minimum Gasteiger partial charge on any atom is -0.372 e. The first-order valence-electron chi connectivity index (χ1n) is 3.81. The van der Waals surface area contributed by atoms with E-state index < -0.39 is 5.60 Å². The lowest BCUT2D eigenvalue weighted by Gasteiger charge is -2.23. The van der Waals surface area contributed by atoms with E-state index in [0.29, 0.717) is 6.42 Å². The fourth-order valence-corrected chi connectivity index (χ4v) is 1.57. The molecule has 0 aliphatic carbocycles. The first kappa shape index (κ1) is 8.68. The van der Waals surface area contributed by atoms with E-state index in [1.807, 2.05) is 13.8 Å². The Bertz CT molecular complexity index is 157. The number of methoxy groups -OCH3 is 1. The highest BCUT2D eigenvalue weighted by Crippen LogP contribution is 2.31. The van der Waals surface area contributed by atoms with Gasteiger partial charge >= 0.3 is 0 Å². The largest absolute Gasteiger partial charge is 0.372 e. The Balaban J connectivity index is 2.75. The number of carbonyl (C=O) groups excluding carboxylic acids is 1. The van der Waals surface area contributed by atoms with Crippen molar-refractivity contribution in [3.63, 3.8) is 0 Å². The third-order valence-electron chi connectivity index (χ3n) is 2.31. The Kier molecular flexibility index (Phi) is 2.30. The molecule has 0 bridgehead atoms. The van der Waals surface area contributed by atoms with Gasteiger partial charge in [-0.1, -0.05) is 0 Å². The van der Waals surface area contributed by atoms with Gasteiger partial charge in [-0.15, -0.1) is 0 Å². The fraction of sp³-hybridized carbons (Fsp3) is 0.875. The molecule has 0 N–H and O–H groups in total. The molecule has 3 unspecified atom stereocenters. The van der Waals surface area contributed by atoms with E-state index in [9.17, 15) is 4.79 Å². The number of carbonyl (C=O) groups is 1. The topological polar surface area (TPSA) is 35.5 Å². The van der Waals surface area contributed by atoms with Crippen molar-refractivity contribution in [2.75, 3.05) is 7.11 Å². The second-order valence-corrected chi connectivity index (χ2v) is 3.07. The molecule has 3 atom stereocenters. The quantitative estimate of drug-likeness (QED) is 0.557. The Morgan fingerprint density at radius 1 is 1.64 bits per heavy atom. The van der Waals surface area contributed by atoms with Crippen molar-refractivity contribution >= 4 is 6.29 Å². The summed E-state index contributed by atoms with van der Waals surface area (Å²) < 4.78 is 10.5. The molecule has 0 radical (unpaired) electrons. The predicted molar refractivity (Wildman–Crippen MR) is 40.4 cm³/mol. The molecule has 0 aromatic heterocycles. The summed E-state index contributed by atoms with van der Waals surface area (Å²) in [6.07, 6.45) is 1.50. The molecule has 3 heteroatoms. The number of hydrogen-bond donors (Lipinski definition) is 0. The third kappa shape index (κ3) is 1.30. The molecule has 1 fully saturated rings. The average Bonchev–Trinajstić information content (AvgIpc) is 2.27. The maximum atomic E-state index is 10.7. The second-order valence-electron chi connectivity index (χ2n) is 3.07. The summed E-state index contributed by atoms with van der Waals surface area (Å²) in [5.41, 5.74) is -0.695. The number of aldehydes is 1. The van der Waals surface area contributed by atoms with Crippen LogP contribution in [0.2, 0.25) is 0 Å². The Morgan fingerprint density at radius 3 is 2.45 bits per heavy atom. The lowest BCUT2D eigenvalue weighted by Crippen LogP contribution is -2.40. The molecule has 64 valence electrons. The molecule has 0 aromatic carbocycles. The van der Waals surface area contributed by atoms with Crippen molar-refractivity contribution in [2.45, 2.75) is 38.1 Å². The van der Waals surface area contributed by atoms with Crippen LogP contribution in [-0.2, 0) is 14.3 Å². The average molecular weight is 158 g/mol. The Labute approximate surface area is 66.7 Å². The minimum absolute atomic E-state index is 0.121. The molecular formula is C8H14O3. The zero-order valence-electron chi connectivity index (χ0n) is 7.16. The van der Waals surface area contributed by atoms with E-state index >= 15 is 0 Å². The molecule has 0 spiro atoms. The van der Waals surface area contributed by atoms with Crippen LogP contribution >= 0.6 is 0 Å². The van der Waals surface area contributed by atoms with Gasteiger partial charge in [0.1, 0.15) is 0 Å². The zero-order valence-corrected chi connectivity index (χ0v) is 7.16. The van der Waals surface area contributed by atoms with Crippen LogP contribution in [0.3, 0.4) is 0 Å². The Morgan fingerprint density at radius 2 is 2.27 bits per heavy atom. The van der Waals surface area contributed by atoms with Crippen LogP contribution in [-0.4, -0.2) is 31.2 Å². The Hall–Kier alpha value is -0.410. The van der Waals surface area contributed by atoms with Gasteiger partial charge < -0.3 is 14.3 Å². The van der Waals surface area contributed by atoms with Crippen LogP contribution in [0, 0.1) is 0 Å². The molecule has 0 aromatic rings. The number of rotatable bonds is 2. The normalized spacial score (nSPS) is 44.3.